The molecule has 0 N–H and O–H groups in total. The van der Waals surface area contributed by atoms with Crippen LogP contribution in [0.3, 0.4) is 0 Å². The first-order valence-electron chi connectivity index (χ1n) is 12.3. The Labute approximate surface area is 223 Å². The Morgan fingerprint density at radius 1 is 1.13 bits per heavy atom. The van der Waals surface area contributed by atoms with Gasteiger partial charge in [-0.05, 0) is 49.6 Å². The van der Waals surface area contributed by atoms with Gasteiger partial charge in [0.25, 0.3) is 5.91 Å². The molecule has 1 atom stereocenters. The van der Waals surface area contributed by atoms with Crippen molar-refractivity contribution in [3.8, 4) is 11.5 Å². The van der Waals surface area contributed by atoms with Crippen LogP contribution in [0.4, 0.5) is 5.13 Å². The molecule has 8 nitrogen and oxygen atoms in total. The van der Waals surface area contributed by atoms with Gasteiger partial charge in [0.2, 0.25) is 5.76 Å². The number of amides is 1. The van der Waals surface area contributed by atoms with Crippen molar-refractivity contribution in [2.24, 2.45) is 5.92 Å². The Bertz CT molecular complexity index is 1650. The highest BCUT2D eigenvalue weighted by atomic mass is 32.1. The molecule has 0 saturated heterocycles. The minimum Gasteiger partial charge on any atom is -0.493 e. The van der Waals surface area contributed by atoms with Crippen LogP contribution in [0.5, 0.6) is 11.5 Å². The number of hydrogen-bond donors (Lipinski definition) is 0. The normalized spacial score (nSPS) is 14.9. The lowest BCUT2D eigenvalue weighted by molar-refractivity contribution is 0.0969. The lowest BCUT2D eigenvalue weighted by Gasteiger charge is -2.23. The molecule has 0 bridgehead atoms. The van der Waals surface area contributed by atoms with Crippen molar-refractivity contribution in [2.45, 2.75) is 40.7 Å². The number of hydrogen-bond acceptors (Lipinski definition) is 8. The quantitative estimate of drug-likeness (QED) is 0.275. The summed E-state index contributed by atoms with van der Waals surface area (Å²) in [5, 5.41) is 0.708. The van der Waals surface area contributed by atoms with Crippen LogP contribution in [-0.4, -0.2) is 30.4 Å². The van der Waals surface area contributed by atoms with Gasteiger partial charge in [-0.2, -0.15) is 0 Å². The fourth-order valence-corrected chi connectivity index (χ4v) is 5.63. The number of aryl methyl sites for hydroxylation is 2. The Morgan fingerprint density at radius 2 is 1.89 bits per heavy atom. The largest absolute Gasteiger partial charge is 0.493 e. The second kappa shape index (κ2) is 9.72. The molecule has 38 heavy (non-hydrogen) atoms. The highest BCUT2D eigenvalue weighted by Gasteiger charge is 2.45. The summed E-state index contributed by atoms with van der Waals surface area (Å²) in [5.41, 5.74) is 2.33. The topological polar surface area (TPSA) is 98.9 Å². The number of Topliss-reactive ketones (excluding diaryl/α,β-unsaturated/α-hetero) is 1. The predicted molar refractivity (Wildman–Crippen MR) is 146 cm³/mol. The van der Waals surface area contributed by atoms with Gasteiger partial charge in [-0.15, -0.1) is 0 Å². The average Bonchev–Trinajstić information content (AvgIpc) is 3.40. The van der Waals surface area contributed by atoms with Crippen molar-refractivity contribution < 1.29 is 23.5 Å². The van der Waals surface area contributed by atoms with E-state index in [9.17, 15) is 14.4 Å². The third kappa shape index (κ3) is 4.26. The first kappa shape index (κ1) is 25.7. The van der Waals surface area contributed by atoms with Crippen LogP contribution in [0.25, 0.3) is 11.0 Å². The number of ketones is 1. The van der Waals surface area contributed by atoms with Gasteiger partial charge in [0.1, 0.15) is 5.58 Å². The molecule has 1 unspecified atom stereocenters. The molecule has 2 aromatic heterocycles. The summed E-state index contributed by atoms with van der Waals surface area (Å²) in [4.78, 5) is 46.4. The summed E-state index contributed by atoms with van der Waals surface area (Å²) in [6, 6.07) is 9.80. The summed E-state index contributed by atoms with van der Waals surface area (Å²) < 4.78 is 17.6. The van der Waals surface area contributed by atoms with Crippen LogP contribution >= 0.6 is 11.3 Å². The predicted octanol–water partition coefficient (Wildman–Crippen LogP) is 5.86. The van der Waals surface area contributed by atoms with Crippen molar-refractivity contribution in [3.05, 3.63) is 79.6 Å². The maximum Gasteiger partial charge on any atom is 0.297 e. The van der Waals surface area contributed by atoms with Gasteiger partial charge in [-0.25, -0.2) is 4.98 Å². The van der Waals surface area contributed by atoms with Gasteiger partial charge < -0.3 is 13.9 Å². The number of aromatic nitrogens is 1. The van der Waals surface area contributed by atoms with Crippen LogP contribution in [0.1, 0.15) is 69.4 Å². The fourth-order valence-electron chi connectivity index (χ4n) is 4.64. The minimum absolute atomic E-state index is 0.0346. The van der Waals surface area contributed by atoms with E-state index in [0.29, 0.717) is 56.3 Å². The second-order valence-corrected chi connectivity index (χ2v) is 10.8. The molecule has 2 aromatic carbocycles. The molecule has 196 valence electrons. The van der Waals surface area contributed by atoms with Crippen LogP contribution in [0, 0.1) is 19.8 Å². The number of carbonyl (C=O) groups is 2. The summed E-state index contributed by atoms with van der Waals surface area (Å²) in [5.74, 6) is 0.686. The molecular formula is C29H28N2O6S. The molecule has 1 amide bonds. The zero-order valence-electron chi connectivity index (χ0n) is 22.1. The van der Waals surface area contributed by atoms with Crippen molar-refractivity contribution in [1.82, 2.24) is 4.98 Å². The van der Waals surface area contributed by atoms with Gasteiger partial charge in [-0.3, -0.25) is 19.3 Å². The first-order chi connectivity index (χ1) is 18.1. The highest BCUT2D eigenvalue weighted by molar-refractivity contribution is 7.17. The van der Waals surface area contributed by atoms with Crippen LogP contribution < -0.4 is 19.8 Å². The molecule has 5 rings (SSSR count). The maximum absolute atomic E-state index is 13.9. The zero-order valence-corrected chi connectivity index (χ0v) is 22.9. The fraction of sp³-hybridized carbons (Fsp3) is 0.310. The van der Waals surface area contributed by atoms with Gasteiger partial charge in [0, 0.05) is 6.92 Å². The molecular weight excluding hydrogens is 504 g/mol. The molecule has 0 fully saturated rings. The van der Waals surface area contributed by atoms with Gasteiger partial charge >= 0.3 is 0 Å². The number of ether oxygens (including phenoxy) is 2. The molecule has 3 heterocycles. The van der Waals surface area contributed by atoms with Crippen LogP contribution in [0.2, 0.25) is 0 Å². The summed E-state index contributed by atoms with van der Waals surface area (Å²) in [7, 11) is 1.54. The Morgan fingerprint density at radius 3 is 2.55 bits per heavy atom. The number of carbonyl (C=O) groups excluding carboxylic acids is 2. The number of anilines is 1. The van der Waals surface area contributed by atoms with Crippen molar-refractivity contribution in [1.29, 1.82) is 0 Å². The smallest absolute Gasteiger partial charge is 0.297 e. The molecule has 9 heteroatoms. The van der Waals surface area contributed by atoms with Crippen molar-refractivity contribution in [2.75, 3.05) is 18.6 Å². The maximum atomic E-state index is 13.9. The third-order valence-electron chi connectivity index (χ3n) is 6.41. The number of fused-ring (bicyclic) bond motifs is 2. The van der Waals surface area contributed by atoms with Crippen molar-refractivity contribution in [3.63, 3.8) is 0 Å². The van der Waals surface area contributed by atoms with E-state index in [2.05, 4.69) is 18.8 Å². The monoisotopic (exact) mass is 532 g/mol. The molecule has 1 aliphatic rings. The molecule has 1 aliphatic heterocycles. The molecule has 0 aliphatic carbocycles. The summed E-state index contributed by atoms with van der Waals surface area (Å²) >= 11 is 1.12. The zero-order chi connectivity index (χ0) is 27.3. The molecule has 0 spiro atoms. The lowest BCUT2D eigenvalue weighted by atomic mass is 9.98. The Kier molecular flexibility index (Phi) is 6.56. The number of benzene rings is 2. The summed E-state index contributed by atoms with van der Waals surface area (Å²) in [6.45, 7) is 9.69. The molecule has 0 saturated carbocycles. The van der Waals surface area contributed by atoms with E-state index >= 15 is 0 Å². The van der Waals surface area contributed by atoms with Crippen molar-refractivity contribution >= 4 is 39.1 Å². The molecule has 4 aromatic rings. The van der Waals surface area contributed by atoms with E-state index in [4.69, 9.17) is 13.9 Å². The summed E-state index contributed by atoms with van der Waals surface area (Å²) in [6.07, 6.45) is 0. The Hall–Kier alpha value is -3.98. The second-order valence-electron chi connectivity index (χ2n) is 9.83. The SMILES string of the molecule is COc1cc(C2c3c(oc4ccc(C)cc4c3=O)C(=O)N2c2nc(C)c(C(C)=O)s2)ccc1OCC(C)C. The van der Waals surface area contributed by atoms with E-state index in [0.717, 1.165) is 16.9 Å². The third-order valence-corrected chi connectivity index (χ3v) is 7.67. The first-order valence-corrected chi connectivity index (χ1v) is 13.1. The number of thiazole rings is 1. The molecule has 0 radical (unpaired) electrons. The van der Waals surface area contributed by atoms with Gasteiger partial charge in [0.15, 0.2) is 27.8 Å². The number of methoxy groups -OCH3 is 1. The average molecular weight is 533 g/mol. The van der Waals surface area contributed by atoms with Crippen LogP contribution in [-0.2, 0) is 0 Å². The van der Waals surface area contributed by atoms with Gasteiger partial charge in [-0.1, -0.05) is 42.9 Å². The van der Waals surface area contributed by atoms with E-state index in [1.807, 2.05) is 19.1 Å². The lowest BCUT2D eigenvalue weighted by Crippen LogP contribution is -2.29. The highest BCUT2D eigenvalue weighted by Crippen LogP contribution is 2.44. The van der Waals surface area contributed by atoms with Crippen LogP contribution in [0.15, 0.2) is 45.6 Å². The Balaban J connectivity index is 1.74. The number of rotatable bonds is 7. The van der Waals surface area contributed by atoms with Gasteiger partial charge in [0.05, 0.1) is 41.3 Å². The number of nitrogens with zero attached hydrogens (tertiary/aromatic N) is 2. The minimum atomic E-state index is -0.836. The standard InChI is InChI=1S/C29H28N2O6S/c1-14(2)13-36-21-10-8-18(12-22(21)35-6)24-23-25(33)19-11-15(3)7-9-20(19)37-26(23)28(34)31(24)29-30-16(4)27(38-29)17(5)32/h7-12,14,24H,13H2,1-6H3. The van der Waals surface area contributed by atoms with E-state index in [1.165, 1.54) is 11.8 Å². The van der Waals surface area contributed by atoms with E-state index in [1.54, 1.807) is 38.3 Å². The van der Waals surface area contributed by atoms with E-state index < -0.39 is 11.9 Å². The van der Waals surface area contributed by atoms with E-state index in [-0.39, 0.29) is 22.5 Å².